The molecule has 0 radical (unpaired) electrons. The summed E-state index contributed by atoms with van der Waals surface area (Å²) in [6.45, 7) is 2.07. The van der Waals surface area contributed by atoms with Gasteiger partial charge in [-0.1, -0.05) is 19.4 Å². The smallest absolute Gasteiger partial charge is 0.345 e. The van der Waals surface area contributed by atoms with Gasteiger partial charge < -0.3 is 14.8 Å². The number of benzene rings is 3. The van der Waals surface area contributed by atoms with E-state index in [2.05, 4.69) is 17.0 Å². The van der Waals surface area contributed by atoms with Crippen LogP contribution in [0.2, 0.25) is 0 Å². The van der Waals surface area contributed by atoms with E-state index in [0.29, 0.717) is 17.1 Å². The highest BCUT2D eigenvalue weighted by atomic mass is 19.2. The number of rotatable bonds is 9. The molecule has 0 saturated carbocycles. The van der Waals surface area contributed by atoms with Gasteiger partial charge in [0.2, 0.25) is 0 Å². The second-order valence-corrected chi connectivity index (χ2v) is 7.22. The highest BCUT2D eigenvalue weighted by Crippen LogP contribution is 2.35. The Balaban J connectivity index is 1.98. The Morgan fingerprint density at radius 2 is 1.85 bits per heavy atom. The molecule has 3 aromatic rings. The molecular weight excluding hydrogens is 434 g/mol. The number of ether oxygens (including phenoxy) is 2. The average Bonchev–Trinajstić information content (AvgIpc) is 2.80. The van der Waals surface area contributed by atoms with Gasteiger partial charge in [-0.25, -0.2) is 13.6 Å². The van der Waals surface area contributed by atoms with E-state index in [-0.39, 0.29) is 11.3 Å². The van der Waals surface area contributed by atoms with Crippen LogP contribution in [0.25, 0.3) is 0 Å². The summed E-state index contributed by atoms with van der Waals surface area (Å²) in [6, 6.07) is 12.6. The first kappa shape index (κ1) is 23.6. The molecule has 9 heteroatoms. The molecule has 3 rings (SSSR count). The first-order chi connectivity index (χ1) is 15.8. The maximum Gasteiger partial charge on any atom is 0.345 e. The van der Waals surface area contributed by atoms with E-state index < -0.39 is 28.2 Å². The van der Waals surface area contributed by atoms with Crippen LogP contribution in [0.15, 0.2) is 54.6 Å². The summed E-state index contributed by atoms with van der Waals surface area (Å²) in [5.74, 6) is -2.35. The van der Waals surface area contributed by atoms with Crippen LogP contribution >= 0.6 is 0 Å². The molecule has 3 aromatic carbocycles. The number of hydrogen-bond acceptors (Lipinski definition) is 6. The number of hydrogen-bond donors (Lipinski definition) is 1. The number of esters is 1. The van der Waals surface area contributed by atoms with E-state index >= 15 is 0 Å². The van der Waals surface area contributed by atoms with Gasteiger partial charge in [-0.05, 0) is 48.7 Å². The van der Waals surface area contributed by atoms with Crippen LogP contribution in [0.4, 0.5) is 25.8 Å². The van der Waals surface area contributed by atoms with Gasteiger partial charge in [0, 0.05) is 23.9 Å². The van der Waals surface area contributed by atoms with Gasteiger partial charge in [0.15, 0.2) is 17.4 Å². The molecule has 0 amide bonds. The number of aryl methyl sites for hydroxylation is 1. The van der Waals surface area contributed by atoms with E-state index in [4.69, 9.17) is 4.74 Å². The highest BCUT2D eigenvalue weighted by Gasteiger charge is 2.22. The van der Waals surface area contributed by atoms with Crippen LogP contribution < -0.4 is 10.1 Å². The first-order valence-corrected chi connectivity index (χ1v) is 10.2. The maximum atomic E-state index is 13.7. The fourth-order valence-corrected chi connectivity index (χ4v) is 3.17. The van der Waals surface area contributed by atoms with Crippen molar-refractivity contribution >= 4 is 23.0 Å². The van der Waals surface area contributed by atoms with Crippen LogP contribution in [-0.4, -0.2) is 18.0 Å². The molecule has 0 saturated heterocycles. The van der Waals surface area contributed by atoms with Crippen molar-refractivity contribution in [3.8, 4) is 11.5 Å². The minimum Gasteiger partial charge on any atom is -0.465 e. The Morgan fingerprint density at radius 1 is 1.06 bits per heavy atom. The quantitative estimate of drug-likeness (QED) is 0.223. The molecule has 0 spiro atoms. The lowest BCUT2D eigenvalue weighted by atomic mass is 10.1. The van der Waals surface area contributed by atoms with Crippen molar-refractivity contribution in [2.75, 3.05) is 12.4 Å². The minimum absolute atomic E-state index is 0.163. The van der Waals surface area contributed by atoms with Crippen molar-refractivity contribution in [1.82, 2.24) is 0 Å². The third kappa shape index (κ3) is 5.82. The lowest BCUT2D eigenvalue weighted by Gasteiger charge is -2.15. The number of carbonyl (C=O) groups is 1. The van der Waals surface area contributed by atoms with Crippen LogP contribution in [-0.2, 0) is 11.2 Å². The van der Waals surface area contributed by atoms with Gasteiger partial charge in [-0.15, -0.1) is 0 Å². The van der Waals surface area contributed by atoms with E-state index in [1.165, 1.54) is 18.2 Å². The number of nitro groups is 1. The number of nitrogens with one attached hydrogen (secondary N) is 1. The average molecular weight is 456 g/mol. The second-order valence-electron chi connectivity index (χ2n) is 7.22. The molecule has 0 atom stereocenters. The molecule has 1 N–H and O–H groups in total. The zero-order valence-corrected chi connectivity index (χ0v) is 18.1. The summed E-state index contributed by atoms with van der Waals surface area (Å²) in [5.41, 5.74) is 1.13. The lowest BCUT2D eigenvalue weighted by molar-refractivity contribution is -0.385. The van der Waals surface area contributed by atoms with Crippen LogP contribution in [0.1, 0.15) is 35.7 Å². The normalized spacial score (nSPS) is 10.5. The molecule has 172 valence electrons. The van der Waals surface area contributed by atoms with E-state index in [0.717, 1.165) is 50.1 Å². The Morgan fingerprint density at radius 3 is 2.52 bits per heavy atom. The molecule has 0 heterocycles. The summed E-state index contributed by atoms with van der Waals surface area (Å²) >= 11 is 0. The predicted octanol–water partition coefficient (Wildman–Crippen LogP) is 6.54. The fraction of sp³-hybridized carbons (Fsp3) is 0.208. The molecule has 0 aliphatic rings. The van der Waals surface area contributed by atoms with Gasteiger partial charge in [0.05, 0.1) is 17.7 Å². The topological polar surface area (TPSA) is 90.7 Å². The summed E-state index contributed by atoms with van der Waals surface area (Å²) in [4.78, 5) is 22.5. The molecule has 33 heavy (non-hydrogen) atoms. The molecule has 0 bridgehead atoms. The maximum absolute atomic E-state index is 13.7. The third-order valence-electron chi connectivity index (χ3n) is 4.86. The van der Waals surface area contributed by atoms with Gasteiger partial charge >= 0.3 is 5.97 Å². The first-order valence-electron chi connectivity index (χ1n) is 10.2. The van der Waals surface area contributed by atoms with Crippen LogP contribution in [0.5, 0.6) is 11.5 Å². The highest BCUT2D eigenvalue weighted by molar-refractivity contribution is 5.94. The van der Waals surface area contributed by atoms with Crippen molar-refractivity contribution in [1.29, 1.82) is 0 Å². The molecule has 0 aliphatic heterocycles. The van der Waals surface area contributed by atoms with Crippen molar-refractivity contribution in [3.63, 3.8) is 0 Å². The van der Waals surface area contributed by atoms with Gasteiger partial charge in [0.25, 0.3) is 5.69 Å². The zero-order chi connectivity index (χ0) is 24.0. The molecule has 0 unspecified atom stereocenters. The Kier molecular flexibility index (Phi) is 7.55. The van der Waals surface area contributed by atoms with Gasteiger partial charge in [-0.2, -0.15) is 0 Å². The Bertz CT molecular complexity index is 1180. The van der Waals surface area contributed by atoms with E-state index in [9.17, 15) is 23.7 Å². The molecule has 0 fully saturated rings. The molecule has 7 nitrogen and oxygen atoms in total. The Hall–Kier alpha value is -4.01. The van der Waals surface area contributed by atoms with Crippen molar-refractivity contribution in [3.05, 3.63) is 87.5 Å². The molecule has 0 aliphatic carbocycles. The lowest BCUT2D eigenvalue weighted by Crippen LogP contribution is -2.06. The number of nitro benzene ring substituents is 1. The number of halogens is 2. The number of anilines is 2. The summed E-state index contributed by atoms with van der Waals surface area (Å²) in [7, 11) is 1.12. The Labute approximate surface area is 189 Å². The SMILES string of the molecule is CCCCc1ccc(Oc2ccc([N+](=O)[O-])c(C(=O)OC)c2)c(Nc2ccc(F)c(F)c2)c1. The predicted molar refractivity (Wildman–Crippen MR) is 119 cm³/mol. The number of carbonyl (C=O) groups excluding carboxylic acids is 1. The minimum atomic E-state index is -0.998. The molecule has 0 aromatic heterocycles. The largest absolute Gasteiger partial charge is 0.465 e. The molecular formula is C24H22F2N2O5. The summed E-state index contributed by atoms with van der Waals surface area (Å²) in [6.07, 6.45) is 2.78. The summed E-state index contributed by atoms with van der Waals surface area (Å²) in [5, 5.41) is 14.3. The number of unbranched alkanes of at least 4 members (excludes halogenated alkanes) is 1. The van der Waals surface area contributed by atoms with E-state index in [1.54, 1.807) is 6.07 Å². The number of nitrogens with zero attached hydrogens (tertiary/aromatic N) is 1. The van der Waals surface area contributed by atoms with Crippen molar-refractivity contribution in [2.45, 2.75) is 26.2 Å². The third-order valence-corrected chi connectivity index (χ3v) is 4.86. The van der Waals surface area contributed by atoms with Gasteiger partial charge in [0.1, 0.15) is 11.3 Å². The standard InChI is InChI=1S/C24H22F2N2O5/c1-3-4-5-15-6-11-23(21(12-15)27-16-7-9-19(25)20(26)13-16)33-17-8-10-22(28(30)31)18(14-17)24(29)32-2/h6-14,27H,3-5H2,1-2H3. The fourth-order valence-electron chi connectivity index (χ4n) is 3.17. The van der Waals surface area contributed by atoms with Crippen molar-refractivity contribution < 1.29 is 28.0 Å². The second kappa shape index (κ2) is 10.5. The van der Waals surface area contributed by atoms with Crippen LogP contribution in [0.3, 0.4) is 0 Å². The van der Waals surface area contributed by atoms with E-state index in [1.807, 2.05) is 12.1 Å². The zero-order valence-electron chi connectivity index (χ0n) is 18.1. The number of methoxy groups -OCH3 is 1. The van der Waals surface area contributed by atoms with Gasteiger partial charge in [-0.3, -0.25) is 10.1 Å². The van der Waals surface area contributed by atoms with Crippen molar-refractivity contribution in [2.24, 2.45) is 0 Å². The summed E-state index contributed by atoms with van der Waals surface area (Å²) < 4.78 is 37.5. The van der Waals surface area contributed by atoms with Crippen LogP contribution in [0, 0.1) is 21.7 Å². The monoisotopic (exact) mass is 456 g/mol.